The number of aromatic amines is 1. The Bertz CT molecular complexity index is 1540. The van der Waals surface area contributed by atoms with Gasteiger partial charge in [0.15, 0.2) is 0 Å². The van der Waals surface area contributed by atoms with E-state index >= 15 is 0 Å². The van der Waals surface area contributed by atoms with Gasteiger partial charge in [0, 0.05) is 48.9 Å². The van der Waals surface area contributed by atoms with Crippen LogP contribution in [0.5, 0.6) is 0 Å². The van der Waals surface area contributed by atoms with Crippen LogP contribution in [0.3, 0.4) is 0 Å². The van der Waals surface area contributed by atoms with Crippen LogP contribution >= 0.6 is 11.3 Å². The summed E-state index contributed by atoms with van der Waals surface area (Å²) in [6.07, 6.45) is 12.1. The van der Waals surface area contributed by atoms with Crippen LogP contribution in [0.4, 0.5) is 0 Å². The van der Waals surface area contributed by atoms with Crippen molar-refractivity contribution < 1.29 is 4.79 Å². The molecule has 5 heterocycles. The standard InChI is InChI=1S/C29H31N5OS/c1-19-9-14-33(18-23(19)34-15-10-20-17-31-27-21(26(20)34)8-13-30-27)28(35)29(11-4-5-12-29)16-25-32-22-6-2-3-7-24(22)36-25/h2-3,6-8,10,13,15,17,19,23H,4-5,9,11-12,14,16,18H2,1H3,(H,30,31)/t19-,23+/m1/s1. The van der Waals surface area contributed by atoms with Crippen molar-refractivity contribution in [2.24, 2.45) is 11.3 Å². The monoisotopic (exact) mass is 497 g/mol. The third-order valence-electron chi connectivity index (χ3n) is 8.66. The van der Waals surface area contributed by atoms with Gasteiger partial charge in [-0.2, -0.15) is 0 Å². The van der Waals surface area contributed by atoms with E-state index in [0.717, 1.165) is 78.6 Å². The molecule has 1 aliphatic heterocycles. The lowest BCUT2D eigenvalue weighted by molar-refractivity contribution is -0.144. The van der Waals surface area contributed by atoms with E-state index in [1.807, 2.05) is 18.5 Å². The molecule has 5 aromatic rings. The normalized spacial score (nSPS) is 22.2. The SMILES string of the molecule is C[C@@H]1CCN(C(=O)C2(Cc3nc4ccccc4s3)CCCC2)C[C@@H]1n1ccc2cnc3[nH]ccc3c21. The number of hydrogen-bond acceptors (Lipinski definition) is 4. The van der Waals surface area contributed by atoms with E-state index in [4.69, 9.17) is 4.98 Å². The lowest BCUT2D eigenvalue weighted by atomic mass is 9.80. The molecule has 0 spiro atoms. The Labute approximate surface area is 214 Å². The number of fused-ring (bicyclic) bond motifs is 4. The summed E-state index contributed by atoms with van der Waals surface area (Å²) in [5.74, 6) is 0.844. The minimum absolute atomic E-state index is 0.251. The largest absolute Gasteiger partial charge is 0.346 e. The molecule has 7 rings (SSSR count). The summed E-state index contributed by atoms with van der Waals surface area (Å²) >= 11 is 1.75. The van der Waals surface area contributed by atoms with Crippen LogP contribution in [0, 0.1) is 11.3 Å². The fourth-order valence-corrected chi connectivity index (χ4v) is 7.78. The van der Waals surface area contributed by atoms with Gasteiger partial charge in [-0.1, -0.05) is 31.9 Å². The number of thiazole rings is 1. The number of nitrogens with one attached hydrogen (secondary N) is 1. The van der Waals surface area contributed by atoms with Gasteiger partial charge < -0.3 is 14.5 Å². The van der Waals surface area contributed by atoms with Crippen molar-refractivity contribution in [2.75, 3.05) is 13.1 Å². The number of nitrogens with zero attached hydrogens (tertiary/aromatic N) is 4. The van der Waals surface area contributed by atoms with Gasteiger partial charge in [0.2, 0.25) is 5.91 Å². The molecule has 184 valence electrons. The van der Waals surface area contributed by atoms with E-state index in [2.05, 4.69) is 62.9 Å². The number of carbonyl (C=O) groups is 1. The maximum absolute atomic E-state index is 14.3. The van der Waals surface area contributed by atoms with Gasteiger partial charge in [0.05, 0.1) is 32.2 Å². The van der Waals surface area contributed by atoms with Crippen LogP contribution in [0.15, 0.2) is 55.0 Å². The van der Waals surface area contributed by atoms with Crippen molar-refractivity contribution in [1.82, 2.24) is 24.4 Å². The van der Waals surface area contributed by atoms with Gasteiger partial charge in [-0.25, -0.2) is 9.97 Å². The van der Waals surface area contributed by atoms with E-state index < -0.39 is 0 Å². The zero-order valence-corrected chi connectivity index (χ0v) is 21.4. The summed E-state index contributed by atoms with van der Waals surface area (Å²) in [4.78, 5) is 29.2. The highest BCUT2D eigenvalue weighted by Crippen LogP contribution is 2.45. The molecule has 1 N–H and O–H groups in total. The highest BCUT2D eigenvalue weighted by atomic mass is 32.1. The number of para-hydroxylation sites is 1. The lowest BCUT2D eigenvalue weighted by Crippen LogP contribution is -2.50. The van der Waals surface area contributed by atoms with Gasteiger partial charge in [-0.15, -0.1) is 11.3 Å². The molecule has 0 unspecified atom stereocenters. The smallest absolute Gasteiger partial charge is 0.229 e. The van der Waals surface area contributed by atoms with E-state index in [1.165, 1.54) is 10.2 Å². The van der Waals surface area contributed by atoms with Crippen LogP contribution in [-0.4, -0.2) is 43.4 Å². The second-order valence-corrected chi connectivity index (χ2v) is 12.0. The Morgan fingerprint density at radius 1 is 1.19 bits per heavy atom. The minimum atomic E-state index is -0.310. The summed E-state index contributed by atoms with van der Waals surface area (Å²) in [6, 6.07) is 12.8. The second-order valence-electron chi connectivity index (χ2n) is 10.8. The molecular weight excluding hydrogens is 466 g/mol. The highest BCUT2D eigenvalue weighted by Gasteiger charge is 2.45. The minimum Gasteiger partial charge on any atom is -0.346 e. The zero-order valence-electron chi connectivity index (χ0n) is 20.6. The molecule has 1 saturated carbocycles. The van der Waals surface area contributed by atoms with E-state index in [9.17, 15) is 4.79 Å². The summed E-state index contributed by atoms with van der Waals surface area (Å²) in [7, 11) is 0. The van der Waals surface area contributed by atoms with Crippen LogP contribution in [0.1, 0.15) is 50.1 Å². The number of amides is 1. The molecule has 1 aromatic carbocycles. The molecule has 36 heavy (non-hydrogen) atoms. The van der Waals surface area contributed by atoms with Crippen LogP contribution in [0.25, 0.3) is 32.2 Å². The van der Waals surface area contributed by atoms with Crippen LogP contribution < -0.4 is 0 Å². The predicted octanol–water partition coefficient (Wildman–Crippen LogP) is 6.34. The molecule has 1 saturated heterocycles. The Morgan fingerprint density at radius 2 is 2.06 bits per heavy atom. The molecule has 1 aliphatic carbocycles. The predicted molar refractivity (Wildman–Crippen MR) is 145 cm³/mol. The number of carbonyl (C=O) groups excluding carboxylic acids is 1. The van der Waals surface area contributed by atoms with Crippen LogP contribution in [0.2, 0.25) is 0 Å². The molecule has 0 radical (unpaired) electrons. The van der Waals surface area contributed by atoms with E-state index in [1.54, 1.807) is 11.3 Å². The van der Waals surface area contributed by atoms with Crippen molar-refractivity contribution in [3.05, 3.63) is 60.0 Å². The first-order chi connectivity index (χ1) is 17.6. The van der Waals surface area contributed by atoms with Gasteiger partial charge in [0.25, 0.3) is 0 Å². The maximum Gasteiger partial charge on any atom is 0.229 e. The zero-order chi connectivity index (χ0) is 24.3. The number of likely N-dealkylation sites (tertiary alicyclic amines) is 1. The van der Waals surface area contributed by atoms with Crippen molar-refractivity contribution in [1.29, 1.82) is 0 Å². The van der Waals surface area contributed by atoms with Gasteiger partial charge in [-0.05, 0) is 49.4 Å². The number of aromatic nitrogens is 4. The Morgan fingerprint density at radius 3 is 2.92 bits per heavy atom. The number of benzene rings is 1. The van der Waals surface area contributed by atoms with Gasteiger partial charge in [-0.3, -0.25) is 4.79 Å². The number of hydrogen-bond donors (Lipinski definition) is 1. The average molecular weight is 498 g/mol. The number of rotatable bonds is 4. The van der Waals surface area contributed by atoms with Gasteiger partial charge in [0.1, 0.15) is 5.65 Å². The third-order valence-corrected chi connectivity index (χ3v) is 9.70. The molecule has 0 bridgehead atoms. The molecule has 6 nitrogen and oxygen atoms in total. The number of pyridine rings is 1. The molecule has 2 fully saturated rings. The fraction of sp³-hybridized carbons (Fsp3) is 0.414. The molecule has 2 atom stereocenters. The quantitative estimate of drug-likeness (QED) is 0.315. The second kappa shape index (κ2) is 8.44. The third kappa shape index (κ3) is 3.47. The first-order valence-electron chi connectivity index (χ1n) is 13.2. The van der Waals surface area contributed by atoms with Crippen LogP contribution in [-0.2, 0) is 11.2 Å². The summed E-state index contributed by atoms with van der Waals surface area (Å²) < 4.78 is 3.62. The molecule has 1 amide bonds. The lowest BCUT2D eigenvalue weighted by Gasteiger charge is -2.42. The van der Waals surface area contributed by atoms with Crippen molar-refractivity contribution >= 4 is 49.4 Å². The average Bonchev–Trinajstić information content (AvgIpc) is 3.69. The van der Waals surface area contributed by atoms with Crippen molar-refractivity contribution in [3.63, 3.8) is 0 Å². The summed E-state index contributed by atoms with van der Waals surface area (Å²) in [6.45, 7) is 3.94. The first kappa shape index (κ1) is 22.0. The van der Waals surface area contributed by atoms with E-state index in [0.29, 0.717) is 11.8 Å². The molecule has 7 heteroatoms. The summed E-state index contributed by atoms with van der Waals surface area (Å²) in [5, 5.41) is 3.41. The molecule has 2 aliphatic rings. The topological polar surface area (TPSA) is 66.8 Å². The van der Waals surface area contributed by atoms with Crippen molar-refractivity contribution in [2.45, 2.75) is 51.5 Å². The summed E-state index contributed by atoms with van der Waals surface area (Å²) in [5.41, 5.74) is 2.88. The Kier molecular flexibility index (Phi) is 5.17. The van der Waals surface area contributed by atoms with Gasteiger partial charge >= 0.3 is 0 Å². The van der Waals surface area contributed by atoms with E-state index in [-0.39, 0.29) is 11.5 Å². The Hall–Kier alpha value is -3.19. The number of H-pyrrole nitrogens is 1. The Balaban J connectivity index is 1.20. The molecular formula is C29H31N5OS. The maximum atomic E-state index is 14.3. The van der Waals surface area contributed by atoms with Crippen molar-refractivity contribution in [3.8, 4) is 0 Å². The fourth-order valence-electron chi connectivity index (χ4n) is 6.66. The molecule has 4 aromatic heterocycles. The first-order valence-corrected chi connectivity index (χ1v) is 14.0. The highest BCUT2D eigenvalue weighted by molar-refractivity contribution is 7.18. The number of piperidine rings is 1.